The number of aryl methyl sites for hydroxylation is 2. The topological polar surface area (TPSA) is 110 Å². The van der Waals surface area contributed by atoms with Crippen LogP contribution >= 0.6 is 0 Å². The highest BCUT2D eigenvalue weighted by molar-refractivity contribution is 7.89. The van der Waals surface area contributed by atoms with Crippen LogP contribution < -0.4 is 0 Å². The van der Waals surface area contributed by atoms with Gasteiger partial charge in [0.2, 0.25) is 10.0 Å². The Labute approximate surface area is 151 Å². The Kier molecular flexibility index (Phi) is 5.08. The van der Waals surface area contributed by atoms with Crippen molar-refractivity contribution in [2.45, 2.75) is 25.3 Å². The molecule has 0 unspecified atom stereocenters. The fourth-order valence-electron chi connectivity index (χ4n) is 3.16. The lowest BCUT2D eigenvalue weighted by Gasteiger charge is -2.33. The summed E-state index contributed by atoms with van der Waals surface area (Å²) in [5, 5.41) is 14.8. The first kappa shape index (κ1) is 18.5. The number of nitro benzene ring substituents is 1. The third-order valence-corrected chi connectivity index (χ3v) is 6.62. The monoisotopic (exact) mass is 380 g/mol. The molecule has 1 aliphatic rings. The van der Waals surface area contributed by atoms with Gasteiger partial charge in [-0.05, 0) is 13.8 Å². The van der Waals surface area contributed by atoms with E-state index in [4.69, 9.17) is 4.52 Å². The minimum atomic E-state index is -3.66. The highest BCUT2D eigenvalue weighted by Crippen LogP contribution is 2.25. The molecule has 3 rings (SSSR count). The van der Waals surface area contributed by atoms with Crippen molar-refractivity contribution in [3.63, 3.8) is 0 Å². The molecule has 10 heteroatoms. The molecule has 9 nitrogen and oxygen atoms in total. The number of rotatable bonds is 5. The zero-order valence-electron chi connectivity index (χ0n) is 14.6. The normalized spacial score (nSPS) is 16.7. The maximum atomic E-state index is 12.8. The minimum absolute atomic E-state index is 0.0817. The number of nitro groups is 1. The Morgan fingerprint density at radius 3 is 2.42 bits per heavy atom. The molecule has 1 saturated heterocycles. The third-order valence-electron chi connectivity index (χ3n) is 4.48. The molecule has 0 saturated carbocycles. The molecule has 0 aliphatic carbocycles. The van der Waals surface area contributed by atoms with Crippen molar-refractivity contribution in [1.29, 1.82) is 0 Å². The van der Waals surface area contributed by atoms with Crippen LogP contribution in [0.4, 0.5) is 5.69 Å². The highest BCUT2D eigenvalue weighted by atomic mass is 32.2. The molecule has 0 amide bonds. The number of nitrogens with zero attached hydrogens (tertiary/aromatic N) is 4. The van der Waals surface area contributed by atoms with E-state index in [0.29, 0.717) is 44.0 Å². The van der Waals surface area contributed by atoms with E-state index in [-0.39, 0.29) is 16.3 Å². The van der Waals surface area contributed by atoms with Crippen LogP contribution in [-0.2, 0) is 16.6 Å². The van der Waals surface area contributed by atoms with Crippen LogP contribution in [0, 0.1) is 24.0 Å². The summed E-state index contributed by atoms with van der Waals surface area (Å²) in [7, 11) is -3.66. The molecule has 26 heavy (non-hydrogen) atoms. The zero-order chi connectivity index (χ0) is 18.9. The molecule has 0 N–H and O–H groups in total. The van der Waals surface area contributed by atoms with Crippen molar-refractivity contribution >= 4 is 15.7 Å². The van der Waals surface area contributed by atoms with Gasteiger partial charge in [0.05, 0.1) is 4.92 Å². The van der Waals surface area contributed by atoms with Crippen molar-refractivity contribution in [3.8, 4) is 0 Å². The summed E-state index contributed by atoms with van der Waals surface area (Å²) in [5.74, 6) is 0.282. The van der Waals surface area contributed by atoms with Crippen molar-refractivity contribution in [3.05, 3.63) is 51.4 Å². The lowest BCUT2D eigenvalue weighted by molar-refractivity contribution is -0.385. The first-order valence-electron chi connectivity index (χ1n) is 8.18. The lowest BCUT2D eigenvalue weighted by atomic mass is 10.1. The van der Waals surface area contributed by atoms with Crippen molar-refractivity contribution in [2.24, 2.45) is 0 Å². The fourth-order valence-corrected chi connectivity index (χ4v) is 4.88. The van der Waals surface area contributed by atoms with Gasteiger partial charge in [-0.2, -0.15) is 4.31 Å². The summed E-state index contributed by atoms with van der Waals surface area (Å²) in [6.45, 7) is 5.21. The zero-order valence-corrected chi connectivity index (χ0v) is 15.4. The molecule has 0 atom stereocenters. The number of hydrogen-bond donors (Lipinski definition) is 0. The van der Waals surface area contributed by atoms with E-state index in [0.717, 1.165) is 0 Å². The molecular weight excluding hydrogens is 360 g/mol. The number of para-hydroxylation sites is 1. The molecule has 0 bridgehead atoms. The van der Waals surface area contributed by atoms with E-state index in [1.807, 2.05) is 4.90 Å². The van der Waals surface area contributed by atoms with Gasteiger partial charge in [0.25, 0.3) is 5.69 Å². The van der Waals surface area contributed by atoms with Crippen LogP contribution in [0.3, 0.4) is 0 Å². The molecule has 1 aromatic carbocycles. The van der Waals surface area contributed by atoms with Gasteiger partial charge < -0.3 is 4.52 Å². The van der Waals surface area contributed by atoms with Gasteiger partial charge in [-0.25, -0.2) is 8.42 Å². The van der Waals surface area contributed by atoms with Crippen LogP contribution in [0.5, 0.6) is 0 Å². The van der Waals surface area contributed by atoms with Crippen molar-refractivity contribution < 1.29 is 17.9 Å². The highest BCUT2D eigenvalue weighted by Gasteiger charge is 2.33. The Morgan fingerprint density at radius 1 is 1.19 bits per heavy atom. The van der Waals surface area contributed by atoms with Gasteiger partial charge in [0.1, 0.15) is 10.6 Å². The van der Waals surface area contributed by atoms with Gasteiger partial charge in [0.15, 0.2) is 5.76 Å². The standard InChI is InChI=1S/C16H20N4O5S/c1-12-16(13(2)25-17-12)26(23,24)19-9-7-18(8-10-19)11-14-5-3-4-6-15(14)20(21)22/h3-6H,7-11H2,1-2H3. The number of aromatic nitrogens is 1. The molecule has 0 spiro atoms. The predicted molar refractivity (Wildman–Crippen MR) is 93.1 cm³/mol. The maximum absolute atomic E-state index is 12.8. The van der Waals surface area contributed by atoms with Crippen LogP contribution in [0.2, 0.25) is 0 Å². The largest absolute Gasteiger partial charge is 0.360 e. The molecule has 140 valence electrons. The van der Waals surface area contributed by atoms with Crippen LogP contribution in [0.15, 0.2) is 33.7 Å². The van der Waals surface area contributed by atoms with E-state index in [9.17, 15) is 18.5 Å². The fraction of sp³-hybridized carbons (Fsp3) is 0.438. The molecule has 1 fully saturated rings. The second-order valence-electron chi connectivity index (χ2n) is 6.22. The van der Waals surface area contributed by atoms with Crippen molar-refractivity contribution in [2.75, 3.05) is 26.2 Å². The van der Waals surface area contributed by atoms with Crippen LogP contribution in [-0.4, -0.2) is 53.9 Å². The van der Waals surface area contributed by atoms with E-state index in [2.05, 4.69) is 5.16 Å². The van der Waals surface area contributed by atoms with Crippen LogP contribution in [0.1, 0.15) is 17.0 Å². The summed E-state index contributed by atoms with van der Waals surface area (Å²) in [6.07, 6.45) is 0. The van der Waals surface area contributed by atoms with Gasteiger partial charge >= 0.3 is 0 Å². The summed E-state index contributed by atoms with van der Waals surface area (Å²) >= 11 is 0. The smallest absolute Gasteiger partial charge is 0.273 e. The minimum Gasteiger partial charge on any atom is -0.360 e. The first-order valence-corrected chi connectivity index (χ1v) is 9.62. The Balaban J connectivity index is 1.69. The van der Waals surface area contributed by atoms with E-state index in [1.165, 1.54) is 10.4 Å². The summed E-state index contributed by atoms with van der Waals surface area (Å²) in [4.78, 5) is 12.9. The Morgan fingerprint density at radius 2 is 1.85 bits per heavy atom. The van der Waals surface area contributed by atoms with Gasteiger partial charge in [-0.1, -0.05) is 23.4 Å². The average molecular weight is 380 g/mol. The first-order chi connectivity index (χ1) is 12.3. The van der Waals surface area contributed by atoms with E-state index in [1.54, 1.807) is 32.0 Å². The lowest BCUT2D eigenvalue weighted by Crippen LogP contribution is -2.48. The number of piperazine rings is 1. The summed E-state index contributed by atoms with van der Waals surface area (Å²) in [6, 6.07) is 6.61. The summed E-state index contributed by atoms with van der Waals surface area (Å²) < 4.78 is 32.0. The van der Waals surface area contributed by atoms with Gasteiger partial charge in [-0.15, -0.1) is 0 Å². The second-order valence-corrected chi connectivity index (χ2v) is 8.09. The van der Waals surface area contributed by atoms with Gasteiger partial charge in [-0.3, -0.25) is 15.0 Å². The van der Waals surface area contributed by atoms with E-state index >= 15 is 0 Å². The summed E-state index contributed by atoms with van der Waals surface area (Å²) in [5.41, 5.74) is 1.06. The average Bonchev–Trinajstić information content (AvgIpc) is 2.95. The molecule has 2 heterocycles. The third kappa shape index (κ3) is 3.48. The molecule has 1 aliphatic heterocycles. The van der Waals surface area contributed by atoms with Crippen LogP contribution in [0.25, 0.3) is 0 Å². The number of hydrogen-bond acceptors (Lipinski definition) is 7. The quantitative estimate of drug-likeness (QED) is 0.573. The molecular formula is C16H20N4O5S. The molecule has 1 aromatic heterocycles. The van der Waals surface area contributed by atoms with Gasteiger partial charge in [0, 0.05) is 44.4 Å². The maximum Gasteiger partial charge on any atom is 0.273 e. The molecule has 0 radical (unpaired) electrons. The number of benzene rings is 1. The SMILES string of the molecule is Cc1noc(C)c1S(=O)(=O)N1CCN(Cc2ccccc2[N+](=O)[O-])CC1. The molecule has 2 aromatic rings. The Bertz CT molecular complexity index is 897. The predicted octanol–water partition coefficient (Wildman–Crippen LogP) is 1.71. The number of sulfonamides is 1. The Hall–Kier alpha value is -2.30. The van der Waals surface area contributed by atoms with Crippen molar-refractivity contribution in [1.82, 2.24) is 14.4 Å². The van der Waals surface area contributed by atoms with E-state index < -0.39 is 14.9 Å². The second kappa shape index (κ2) is 7.14.